The van der Waals surface area contributed by atoms with Gasteiger partial charge in [0.1, 0.15) is 11.9 Å². The molecule has 0 radical (unpaired) electrons. The van der Waals surface area contributed by atoms with E-state index in [1.165, 1.54) is 0 Å². The maximum Gasteiger partial charge on any atom is 0.238 e. The molecule has 1 aromatic carbocycles. The van der Waals surface area contributed by atoms with Crippen molar-refractivity contribution in [1.29, 1.82) is 0 Å². The van der Waals surface area contributed by atoms with Gasteiger partial charge in [0, 0.05) is 12.1 Å². The van der Waals surface area contributed by atoms with Crippen molar-refractivity contribution >= 4 is 10.0 Å². The number of nitrogens with two attached hydrogens (primary N) is 2. The lowest BCUT2D eigenvalue weighted by Crippen LogP contribution is -2.27. The lowest BCUT2D eigenvalue weighted by Gasteiger charge is -2.17. The summed E-state index contributed by atoms with van der Waals surface area (Å²) in [7, 11) is -4.00. The van der Waals surface area contributed by atoms with Crippen LogP contribution in [0.4, 0.5) is 4.39 Å². The average Bonchev–Trinajstić information content (AvgIpc) is 2.25. The molecule has 1 rings (SSSR count). The summed E-state index contributed by atoms with van der Waals surface area (Å²) in [6.45, 7) is -0.252. The fraction of sp³-hybridized carbons (Fsp3) is 0.333. The van der Waals surface area contributed by atoms with Gasteiger partial charge in [0.15, 0.2) is 0 Å². The highest BCUT2D eigenvalue weighted by molar-refractivity contribution is 7.89. The van der Waals surface area contributed by atoms with Crippen molar-refractivity contribution in [2.45, 2.75) is 17.1 Å². The van der Waals surface area contributed by atoms with Crippen LogP contribution < -0.4 is 10.9 Å². The predicted octanol–water partition coefficient (Wildman–Crippen LogP) is -1.17. The van der Waals surface area contributed by atoms with E-state index in [0.29, 0.717) is 6.07 Å². The minimum Gasteiger partial charge on any atom is -0.389 e. The molecule has 0 heterocycles. The maximum absolute atomic E-state index is 13.5. The zero-order chi connectivity index (χ0) is 13.2. The minimum atomic E-state index is -4.00. The third-order valence-corrected chi connectivity index (χ3v) is 3.14. The van der Waals surface area contributed by atoms with Crippen LogP contribution in [0.5, 0.6) is 0 Å². The van der Waals surface area contributed by atoms with Crippen molar-refractivity contribution in [3.05, 3.63) is 29.6 Å². The average molecular weight is 264 g/mol. The fourth-order valence-corrected chi connectivity index (χ4v) is 1.79. The number of hydrogen-bond acceptors (Lipinski definition) is 5. The quantitative estimate of drug-likeness (QED) is 0.545. The van der Waals surface area contributed by atoms with Crippen LogP contribution in [0.15, 0.2) is 23.1 Å². The van der Waals surface area contributed by atoms with Gasteiger partial charge in [-0.25, -0.2) is 17.9 Å². The topological polar surface area (TPSA) is 127 Å². The van der Waals surface area contributed by atoms with Gasteiger partial charge in [0.05, 0.1) is 11.0 Å². The van der Waals surface area contributed by atoms with Crippen molar-refractivity contribution in [3.8, 4) is 0 Å². The van der Waals surface area contributed by atoms with Crippen LogP contribution >= 0.6 is 0 Å². The van der Waals surface area contributed by atoms with Crippen LogP contribution in [0, 0.1) is 5.82 Å². The molecule has 0 aromatic heterocycles. The highest BCUT2D eigenvalue weighted by atomic mass is 32.2. The molecule has 0 aliphatic carbocycles. The first-order valence-corrected chi connectivity index (χ1v) is 6.20. The van der Waals surface area contributed by atoms with E-state index < -0.39 is 32.9 Å². The highest BCUT2D eigenvalue weighted by Gasteiger charge is 2.21. The number of sulfonamides is 1. The van der Waals surface area contributed by atoms with E-state index in [0.717, 1.165) is 12.1 Å². The van der Waals surface area contributed by atoms with Crippen LogP contribution in [-0.4, -0.2) is 31.3 Å². The van der Waals surface area contributed by atoms with Crippen LogP contribution in [0.2, 0.25) is 0 Å². The molecule has 0 saturated carbocycles. The molecule has 0 amide bonds. The normalized spacial score (nSPS) is 15.6. The molecule has 0 bridgehead atoms. The van der Waals surface area contributed by atoms with Crippen molar-refractivity contribution < 1.29 is 23.0 Å². The zero-order valence-corrected chi connectivity index (χ0v) is 9.56. The summed E-state index contributed by atoms with van der Waals surface area (Å²) >= 11 is 0. The molecular weight excluding hydrogens is 251 g/mol. The Morgan fingerprint density at radius 1 is 1.35 bits per heavy atom. The third-order valence-electron chi connectivity index (χ3n) is 2.23. The molecular formula is C9H13FN2O4S. The molecule has 0 spiro atoms. The van der Waals surface area contributed by atoms with Crippen LogP contribution in [0.1, 0.15) is 11.7 Å². The lowest BCUT2D eigenvalue weighted by molar-refractivity contribution is 0.0221. The van der Waals surface area contributed by atoms with Crippen LogP contribution in [0.3, 0.4) is 0 Å². The van der Waals surface area contributed by atoms with Gasteiger partial charge in [-0.2, -0.15) is 0 Å². The van der Waals surface area contributed by atoms with E-state index >= 15 is 0 Å². The molecule has 0 saturated heterocycles. The van der Waals surface area contributed by atoms with E-state index in [1.54, 1.807) is 0 Å². The lowest BCUT2D eigenvalue weighted by atomic mass is 10.0. The second kappa shape index (κ2) is 5.07. The smallest absolute Gasteiger partial charge is 0.238 e. The molecule has 1 aromatic rings. The zero-order valence-electron chi connectivity index (χ0n) is 8.75. The summed E-state index contributed by atoms with van der Waals surface area (Å²) < 4.78 is 35.4. The molecule has 0 fully saturated rings. The van der Waals surface area contributed by atoms with E-state index in [2.05, 4.69) is 0 Å². The van der Waals surface area contributed by atoms with Gasteiger partial charge in [-0.3, -0.25) is 0 Å². The molecule has 6 N–H and O–H groups in total. The highest BCUT2D eigenvalue weighted by Crippen LogP contribution is 2.22. The summed E-state index contributed by atoms with van der Waals surface area (Å²) in [5.74, 6) is -0.975. The Balaban J connectivity index is 3.15. The predicted molar refractivity (Wildman–Crippen MR) is 57.8 cm³/mol. The third kappa shape index (κ3) is 3.20. The standard InChI is InChI=1S/C9H13FN2O4S/c10-7-3-5(17(12,15)16)1-2-6(7)9(14)8(13)4-11/h1-3,8-9,13-14H,4,11H2,(H2,12,15,16). The van der Waals surface area contributed by atoms with Gasteiger partial charge < -0.3 is 15.9 Å². The minimum absolute atomic E-state index is 0.240. The number of rotatable bonds is 4. The van der Waals surface area contributed by atoms with Gasteiger partial charge >= 0.3 is 0 Å². The molecule has 0 aliphatic heterocycles. The van der Waals surface area contributed by atoms with Crippen molar-refractivity contribution in [2.24, 2.45) is 10.9 Å². The summed E-state index contributed by atoms with van der Waals surface area (Å²) in [5.41, 5.74) is 4.87. The first kappa shape index (κ1) is 14.0. The van der Waals surface area contributed by atoms with Gasteiger partial charge in [0.25, 0.3) is 0 Å². The summed E-state index contributed by atoms with van der Waals surface area (Å²) in [6.07, 6.45) is -2.85. The van der Waals surface area contributed by atoms with Crippen LogP contribution in [0.25, 0.3) is 0 Å². The first-order chi connectivity index (χ1) is 7.77. The first-order valence-electron chi connectivity index (χ1n) is 4.66. The number of halogens is 1. The Bertz CT molecular complexity index is 506. The second-order valence-electron chi connectivity index (χ2n) is 3.48. The van der Waals surface area contributed by atoms with Gasteiger partial charge in [-0.1, -0.05) is 6.07 Å². The van der Waals surface area contributed by atoms with Crippen molar-refractivity contribution in [2.75, 3.05) is 6.54 Å². The molecule has 17 heavy (non-hydrogen) atoms. The van der Waals surface area contributed by atoms with Crippen LogP contribution in [-0.2, 0) is 10.0 Å². The fourth-order valence-electron chi connectivity index (χ4n) is 1.26. The number of aliphatic hydroxyl groups excluding tert-OH is 2. The summed E-state index contributed by atoms with van der Waals surface area (Å²) in [6, 6.07) is 2.76. The van der Waals surface area contributed by atoms with Crippen molar-refractivity contribution in [3.63, 3.8) is 0 Å². The maximum atomic E-state index is 13.5. The molecule has 8 heteroatoms. The molecule has 6 nitrogen and oxygen atoms in total. The Morgan fingerprint density at radius 3 is 2.35 bits per heavy atom. The molecule has 2 atom stereocenters. The molecule has 96 valence electrons. The van der Waals surface area contributed by atoms with Gasteiger partial charge in [-0.05, 0) is 12.1 Å². The second-order valence-corrected chi connectivity index (χ2v) is 5.04. The van der Waals surface area contributed by atoms with Crippen molar-refractivity contribution in [1.82, 2.24) is 0 Å². The largest absolute Gasteiger partial charge is 0.389 e. The Morgan fingerprint density at radius 2 is 1.94 bits per heavy atom. The van der Waals surface area contributed by atoms with E-state index in [4.69, 9.17) is 10.9 Å². The Hall–Kier alpha value is -1.06. The molecule has 2 unspecified atom stereocenters. The van der Waals surface area contributed by atoms with Gasteiger partial charge in [-0.15, -0.1) is 0 Å². The Labute approximate surface area is 97.7 Å². The van der Waals surface area contributed by atoms with Gasteiger partial charge in [0.2, 0.25) is 10.0 Å². The summed E-state index contributed by atoms with van der Waals surface area (Å²) in [4.78, 5) is -0.409. The number of hydrogen-bond donors (Lipinski definition) is 4. The van der Waals surface area contributed by atoms with E-state index in [1.807, 2.05) is 0 Å². The van der Waals surface area contributed by atoms with E-state index in [-0.39, 0.29) is 12.1 Å². The SMILES string of the molecule is NCC(O)C(O)c1ccc(S(N)(=O)=O)cc1F. The summed E-state index contributed by atoms with van der Waals surface area (Å²) in [5, 5.41) is 23.6. The number of primary sulfonamides is 1. The Kier molecular flexibility index (Phi) is 4.17. The molecule has 0 aliphatic rings. The number of benzene rings is 1. The van der Waals surface area contributed by atoms with E-state index in [9.17, 15) is 23.0 Å². The monoisotopic (exact) mass is 264 g/mol. The number of aliphatic hydroxyl groups is 2.